The summed E-state index contributed by atoms with van der Waals surface area (Å²) in [4.78, 5) is 38.0. The van der Waals surface area contributed by atoms with Gasteiger partial charge in [0.05, 0.1) is 38.0 Å². The SMILES string of the molecule is COc1ccc(OC)c([C@@H]2C(C(=O)OCc3ccccc3)=C(C)N=C3SC=C(CC(=O)N4CCN(C)CC4)N32)c1. The third-order valence-corrected chi connectivity index (χ3v) is 8.24. The van der Waals surface area contributed by atoms with E-state index in [1.165, 1.54) is 11.8 Å². The summed E-state index contributed by atoms with van der Waals surface area (Å²) in [5, 5.41) is 2.66. The van der Waals surface area contributed by atoms with Crippen LogP contribution in [0.25, 0.3) is 0 Å². The molecule has 0 spiro atoms. The number of benzene rings is 2. The van der Waals surface area contributed by atoms with Gasteiger partial charge in [0, 0.05) is 37.4 Å². The van der Waals surface area contributed by atoms with Crippen LogP contribution in [0.4, 0.5) is 0 Å². The number of ether oxygens (including phenoxy) is 3. The quantitative estimate of drug-likeness (QED) is 0.443. The molecular weight excluding hydrogens is 528 g/mol. The largest absolute Gasteiger partial charge is 0.497 e. The minimum Gasteiger partial charge on any atom is -0.497 e. The van der Waals surface area contributed by atoms with Gasteiger partial charge in [-0.2, -0.15) is 0 Å². The first-order valence-corrected chi connectivity index (χ1v) is 14.1. The highest BCUT2D eigenvalue weighted by molar-refractivity contribution is 8.16. The molecule has 1 amide bonds. The van der Waals surface area contributed by atoms with Crippen LogP contribution in [0.15, 0.2) is 75.9 Å². The van der Waals surface area contributed by atoms with E-state index in [0.717, 1.165) is 29.9 Å². The van der Waals surface area contributed by atoms with Crippen molar-refractivity contribution in [2.45, 2.75) is 26.0 Å². The fraction of sp³-hybridized carbons (Fsp3) is 0.367. The third kappa shape index (κ3) is 5.73. The van der Waals surface area contributed by atoms with Gasteiger partial charge in [-0.05, 0) is 43.1 Å². The Kier molecular flexibility index (Phi) is 8.46. The van der Waals surface area contributed by atoms with Crippen molar-refractivity contribution in [2.75, 3.05) is 47.4 Å². The number of amides is 1. The Balaban J connectivity index is 1.50. The minimum atomic E-state index is -0.623. The van der Waals surface area contributed by atoms with Crippen molar-refractivity contribution in [3.05, 3.63) is 82.0 Å². The van der Waals surface area contributed by atoms with E-state index in [9.17, 15) is 9.59 Å². The first-order valence-electron chi connectivity index (χ1n) is 13.2. The molecule has 2 aromatic carbocycles. The van der Waals surface area contributed by atoms with Crippen molar-refractivity contribution in [2.24, 2.45) is 4.99 Å². The first-order chi connectivity index (χ1) is 19.4. The Morgan fingerprint density at radius 1 is 1.02 bits per heavy atom. The average molecular weight is 563 g/mol. The lowest BCUT2D eigenvalue weighted by Gasteiger charge is -2.38. The number of hydrogen-bond donors (Lipinski definition) is 0. The lowest BCUT2D eigenvalue weighted by Crippen LogP contribution is -2.47. The van der Waals surface area contributed by atoms with Gasteiger partial charge in [-0.1, -0.05) is 42.1 Å². The maximum Gasteiger partial charge on any atom is 0.338 e. The van der Waals surface area contributed by atoms with Crippen molar-refractivity contribution in [1.82, 2.24) is 14.7 Å². The minimum absolute atomic E-state index is 0.0528. The zero-order chi connectivity index (χ0) is 28.2. The summed E-state index contributed by atoms with van der Waals surface area (Å²) in [6.07, 6.45) is 0.198. The number of carbonyl (C=O) groups is 2. The Morgan fingerprint density at radius 3 is 2.48 bits per heavy atom. The molecule has 5 rings (SSSR count). The van der Waals surface area contributed by atoms with Crippen LogP contribution in [0.1, 0.15) is 30.5 Å². The normalized spacial score (nSPS) is 19.1. The number of likely N-dealkylation sites (N-methyl/N-ethyl adjacent to an activating group) is 1. The number of nitrogens with zero attached hydrogens (tertiary/aromatic N) is 4. The maximum absolute atomic E-state index is 13.8. The first kappa shape index (κ1) is 27.8. The summed E-state index contributed by atoms with van der Waals surface area (Å²) in [6.45, 7) is 5.03. The van der Waals surface area contributed by atoms with Crippen LogP contribution in [-0.4, -0.2) is 79.2 Å². The Labute approximate surface area is 239 Å². The number of rotatable bonds is 8. The van der Waals surface area contributed by atoms with Crippen LogP contribution in [0.2, 0.25) is 0 Å². The summed E-state index contributed by atoms with van der Waals surface area (Å²) in [7, 11) is 5.26. The molecule has 0 radical (unpaired) electrons. The summed E-state index contributed by atoms with van der Waals surface area (Å²) in [6, 6.07) is 14.4. The van der Waals surface area contributed by atoms with E-state index in [1.54, 1.807) is 14.2 Å². The van der Waals surface area contributed by atoms with Crippen LogP contribution in [0.5, 0.6) is 11.5 Å². The van der Waals surface area contributed by atoms with Gasteiger partial charge in [-0.3, -0.25) is 4.79 Å². The number of esters is 1. The molecule has 0 aliphatic carbocycles. The van der Waals surface area contributed by atoms with Crippen molar-refractivity contribution >= 4 is 28.8 Å². The second-order valence-electron chi connectivity index (χ2n) is 9.92. The Morgan fingerprint density at radius 2 is 1.77 bits per heavy atom. The number of piperazine rings is 1. The number of amidine groups is 1. The standard InChI is InChI=1S/C30H34N4O5S/c1-20-27(29(36)39-18-21-8-6-5-7-9-21)28(24-17-23(37-3)10-11-25(24)38-4)34-22(19-40-30(34)31-20)16-26(35)33-14-12-32(2)13-15-33/h5-11,17,19,28H,12-16,18H2,1-4H3/t28-/m1/s1. The molecule has 0 bridgehead atoms. The molecule has 1 fully saturated rings. The molecule has 9 nitrogen and oxygen atoms in total. The molecule has 210 valence electrons. The molecule has 0 saturated carbocycles. The van der Waals surface area contributed by atoms with Crippen LogP contribution in [0.3, 0.4) is 0 Å². The average Bonchev–Trinajstić information content (AvgIpc) is 3.37. The summed E-state index contributed by atoms with van der Waals surface area (Å²) in [5.74, 6) is 0.799. The molecular formula is C30H34N4O5S. The van der Waals surface area contributed by atoms with E-state index in [-0.39, 0.29) is 18.9 Å². The topological polar surface area (TPSA) is 83.9 Å². The van der Waals surface area contributed by atoms with E-state index >= 15 is 0 Å². The number of methoxy groups -OCH3 is 2. The van der Waals surface area contributed by atoms with Gasteiger partial charge in [0.2, 0.25) is 5.91 Å². The molecule has 3 aliphatic rings. The smallest absolute Gasteiger partial charge is 0.338 e. The molecule has 2 aromatic rings. The van der Waals surface area contributed by atoms with Gasteiger partial charge >= 0.3 is 5.97 Å². The van der Waals surface area contributed by atoms with Gasteiger partial charge in [0.25, 0.3) is 0 Å². The molecule has 0 aromatic heterocycles. The van der Waals surface area contributed by atoms with Crippen LogP contribution < -0.4 is 9.47 Å². The van der Waals surface area contributed by atoms with Crippen LogP contribution in [-0.2, 0) is 20.9 Å². The summed E-state index contributed by atoms with van der Waals surface area (Å²) >= 11 is 1.45. The maximum atomic E-state index is 13.8. The molecule has 3 aliphatic heterocycles. The molecule has 0 N–H and O–H groups in total. The van der Waals surface area contributed by atoms with Crippen molar-refractivity contribution in [3.63, 3.8) is 0 Å². The van der Waals surface area contributed by atoms with E-state index in [2.05, 4.69) is 11.9 Å². The lowest BCUT2D eigenvalue weighted by atomic mass is 9.92. The molecule has 40 heavy (non-hydrogen) atoms. The fourth-order valence-electron chi connectivity index (χ4n) is 5.10. The zero-order valence-corrected chi connectivity index (χ0v) is 24.1. The van der Waals surface area contributed by atoms with E-state index < -0.39 is 12.0 Å². The molecule has 0 unspecified atom stereocenters. The Hall–Kier alpha value is -3.76. The van der Waals surface area contributed by atoms with E-state index in [0.29, 0.717) is 41.0 Å². The van der Waals surface area contributed by atoms with Gasteiger partial charge in [-0.15, -0.1) is 0 Å². The van der Waals surface area contributed by atoms with E-state index in [1.807, 2.05) is 70.7 Å². The van der Waals surface area contributed by atoms with Crippen LogP contribution in [0, 0.1) is 0 Å². The number of carbonyl (C=O) groups excluding carboxylic acids is 2. The highest BCUT2D eigenvalue weighted by atomic mass is 32.2. The predicted molar refractivity (Wildman–Crippen MR) is 155 cm³/mol. The van der Waals surface area contributed by atoms with Gasteiger partial charge in [-0.25, -0.2) is 9.79 Å². The highest BCUT2D eigenvalue weighted by Crippen LogP contribution is 2.47. The van der Waals surface area contributed by atoms with E-state index in [4.69, 9.17) is 19.2 Å². The molecule has 3 heterocycles. The van der Waals surface area contributed by atoms with Gasteiger partial charge in [0.1, 0.15) is 18.1 Å². The molecule has 1 atom stereocenters. The lowest BCUT2D eigenvalue weighted by molar-refractivity contribution is -0.141. The number of aliphatic imine (C=N–C) groups is 1. The van der Waals surface area contributed by atoms with Crippen molar-refractivity contribution in [1.29, 1.82) is 0 Å². The van der Waals surface area contributed by atoms with Gasteiger partial charge in [0.15, 0.2) is 5.17 Å². The number of fused-ring (bicyclic) bond motifs is 1. The predicted octanol–water partition coefficient (Wildman–Crippen LogP) is 4.19. The number of hydrogen-bond acceptors (Lipinski definition) is 9. The monoisotopic (exact) mass is 562 g/mol. The van der Waals surface area contributed by atoms with Crippen molar-refractivity contribution in [3.8, 4) is 11.5 Å². The summed E-state index contributed by atoms with van der Waals surface area (Å²) in [5.41, 5.74) is 3.35. The summed E-state index contributed by atoms with van der Waals surface area (Å²) < 4.78 is 17.1. The molecule has 10 heteroatoms. The number of allylic oxidation sites excluding steroid dienone is 1. The Bertz CT molecular complexity index is 1370. The second-order valence-corrected chi connectivity index (χ2v) is 10.8. The fourth-order valence-corrected chi connectivity index (χ4v) is 6.07. The second kappa shape index (κ2) is 12.2. The highest BCUT2D eigenvalue weighted by Gasteiger charge is 2.43. The van der Waals surface area contributed by atoms with Gasteiger partial charge < -0.3 is 28.9 Å². The van der Waals surface area contributed by atoms with Crippen molar-refractivity contribution < 1.29 is 23.8 Å². The number of thioether (sulfide) groups is 1. The third-order valence-electron chi connectivity index (χ3n) is 7.35. The van der Waals surface area contributed by atoms with Crippen LogP contribution >= 0.6 is 11.8 Å². The zero-order valence-electron chi connectivity index (χ0n) is 23.3. The molecule has 1 saturated heterocycles.